The Kier molecular flexibility index (Phi) is 4.17. The van der Waals surface area contributed by atoms with Crippen molar-refractivity contribution in [3.05, 3.63) is 29.8 Å². The molecule has 4 heteroatoms. The van der Waals surface area contributed by atoms with E-state index in [2.05, 4.69) is 12.2 Å². The van der Waals surface area contributed by atoms with Crippen LogP contribution < -0.4 is 5.32 Å². The van der Waals surface area contributed by atoms with E-state index >= 15 is 0 Å². The first-order chi connectivity index (χ1) is 8.59. The summed E-state index contributed by atoms with van der Waals surface area (Å²) in [5.41, 5.74) is 0.680. The lowest BCUT2D eigenvalue weighted by Gasteiger charge is -2.22. The van der Waals surface area contributed by atoms with E-state index in [1.807, 2.05) is 17.8 Å². The molecule has 2 rings (SSSR count). The Bertz CT molecular complexity index is 428. The van der Waals surface area contributed by atoms with Gasteiger partial charge in [-0.15, -0.1) is 0 Å². The first-order valence-corrected chi connectivity index (χ1v) is 7.25. The Hall–Kier alpha value is -1.16. The predicted octanol–water partition coefficient (Wildman–Crippen LogP) is 2.34. The third kappa shape index (κ3) is 3.42. The molecule has 1 heterocycles. The van der Waals surface area contributed by atoms with Gasteiger partial charge in [0.25, 0.3) is 0 Å². The number of thioether (sulfide) groups is 1. The Balaban J connectivity index is 1.84. The van der Waals surface area contributed by atoms with E-state index < -0.39 is 0 Å². The number of phenolic OH excluding ortho intramolecular Hbond substituents is 1. The second-order valence-electron chi connectivity index (χ2n) is 4.98. The second kappa shape index (κ2) is 5.65. The lowest BCUT2D eigenvalue weighted by atomic mass is 10.1. The normalized spacial score (nSPS) is 22.9. The fraction of sp³-hybridized carbons (Fsp3) is 0.500. The van der Waals surface area contributed by atoms with Gasteiger partial charge in [-0.1, -0.05) is 18.2 Å². The number of nitrogens with one attached hydrogen (secondary N) is 1. The standard InChI is InChI=1S/C14H19NO2S/c1-14(7-4-8-18-14)10-15-13(17)9-11-5-2-3-6-12(11)16/h2-3,5-6,16H,4,7-10H2,1H3,(H,15,17)/t14-/m1/s1. The molecule has 0 unspecified atom stereocenters. The maximum atomic E-state index is 11.8. The molecule has 1 fully saturated rings. The van der Waals surface area contributed by atoms with Crippen LogP contribution in [-0.4, -0.2) is 28.1 Å². The number of aromatic hydroxyl groups is 1. The molecule has 2 N–H and O–H groups in total. The van der Waals surface area contributed by atoms with Crippen LogP contribution in [0.1, 0.15) is 25.3 Å². The molecule has 0 bridgehead atoms. The van der Waals surface area contributed by atoms with E-state index in [0.717, 1.165) is 6.42 Å². The average molecular weight is 265 g/mol. The summed E-state index contributed by atoms with van der Waals surface area (Å²) in [7, 11) is 0. The summed E-state index contributed by atoms with van der Waals surface area (Å²) in [6.45, 7) is 2.91. The molecule has 18 heavy (non-hydrogen) atoms. The van der Waals surface area contributed by atoms with Gasteiger partial charge in [-0.05, 0) is 31.6 Å². The first-order valence-electron chi connectivity index (χ1n) is 6.27. The minimum atomic E-state index is -0.0229. The third-order valence-corrected chi connectivity index (χ3v) is 4.84. The summed E-state index contributed by atoms with van der Waals surface area (Å²) in [5, 5.41) is 12.6. The van der Waals surface area contributed by atoms with Crippen molar-refractivity contribution in [2.24, 2.45) is 0 Å². The monoisotopic (exact) mass is 265 g/mol. The number of amides is 1. The third-order valence-electron chi connectivity index (χ3n) is 3.30. The van der Waals surface area contributed by atoms with Crippen LogP contribution in [0.3, 0.4) is 0 Å². The van der Waals surface area contributed by atoms with Crippen LogP contribution in [0, 0.1) is 0 Å². The molecular weight excluding hydrogens is 246 g/mol. The minimum Gasteiger partial charge on any atom is -0.508 e. The maximum Gasteiger partial charge on any atom is 0.224 e. The topological polar surface area (TPSA) is 49.3 Å². The largest absolute Gasteiger partial charge is 0.508 e. The zero-order valence-electron chi connectivity index (χ0n) is 10.6. The van der Waals surface area contributed by atoms with Crippen molar-refractivity contribution < 1.29 is 9.90 Å². The molecule has 3 nitrogen and oxygen atoms in total. The molecular formula is C14H19NO2S. The van der Waals surface area contributed by atoms with Crippen molar-refractivity contribution >= 4 is 17.7 Å². The summed E-state index contributed by atoms with van der Waals surface area (Å²) in [6, 6.07) is 6.97. The second-order valence-corrected chi connectivity index (χ2v) is 6.67. The summed E-state index contributed by atoms with van der Waals surface area (Å²) in [6.07, 6.45) is 2.64. The van der Waals surface area contributed by atoms with Gasteiger partial charge in [-0.3, -0.25) is 4.79 Å². The highest BCUT2D eigenvalue weighted by atomic mass is 32.2. The summed E-state index contributed by atoms with van der Waals surface area (Å²) in [4.78, 5) is 11.8. The number of hydrogen-bond donors (Lipinski definition) is 2. The van der Waals surface area contributed by atoms with Crippen molar-refractivity contribution in [2.45, 2.75) is 30.9 Å². The predicted molar refractivity (Wildman–Crippen MR) is 74.9 cm³/mol. The molecule has 0 saturated carbocycles. The van der Waals surface area contributed by atoms with Gasteiger partial charge in [-0.25, -0.2) is 0 Å². The van der Waals surface area contributed by atoms with Gasteiger partial charge in [-0.2, -0.15) is 11.8 Å². The average Bonchev–Trinajstić information content (AvgIpc) is 2.77. The highest BCUT2D eigenvalue weighted by Crippen LogP contribution is 2.36. The summed E-state index contributed by atoms with van der Waals surface area (Å²) >= 11 is 1.93. The van der Waals surface area contributed by atoms with Gasteiger partial charge < -0.3 is 10.4 Å². The van der Waals surface area contributed by atoms with E-state index in [1.165, 1.54) is 12.2 Å². The van der Waals surface area contributed by atoms with Crippen molar-refractivity contribution in [2.75, 3.05) is 12.3 Å². The smallest absolute Gasteiger partial charge is 0.224 e. The van der Waals surface area contributed by atoms with Crippen molar-refractivity contribution in [1.82, 2.24) is 5.32 Å². The molecule has 0 radical (unpaired) electrons. The lowest BCUT2D eigenvalue weighted by molar-refractivity contribution is -0.120. The molecule has 0 spiro atoms. The van der Waals surface area contributed by atoms with Crippen molar-refractivity contribution in [1.29, 1.82) is 0 Å². The van der Waals surface area contributed by atoms with Crippen LogP contribution in [0.2, 0.25) is 0 Å². The van der Waals surface area contributed by atoms with Crippen LogP contribution in [-0.2, 0) is 11.2 Å². The summed E-state index contributed by atoms with van der Waals surface area (Å²) < 4.78 is 0.189. The number of para-hydroxylation sites is 1. The minimum absolute atomic E-state index is 0.0229. The van der Waals surface area contributed by atoms with Gasteiger partial charge >= 0.3 is 0 Å². The zero-order valence-corrected chi connectivity index (χ0v) is 11.4. The molecule has 1 atom stereocenters. The highest BCUT2D eigenvalue weighted by molar-refractivity contribution is 8.00. The Labute approximate surface area is 112 Å². The van der Waals surface area contributed by atoms with Gasteiger partial charge in [0.15, 0.2) is 0 Å². The molecule has 0 aliphatic carbocycles. The van der Waals surface area contributed by atoms with Gasteiger partial charge in [0, 0.05) is 16.9 Å². The number of benzene rings is 1. The van der Waals surface area contributed by atoms with Crippen LogP contribution in [0.25, 0.3) is 0 Å². The van der Waals surface area contributed by atoms with Crippen molar-refractivity contribution in [3.8, 4) is 5.75 Å². The van der Waals surface area contributed by atoms with E-state index in [9.17, 15) is 9.90 Å². The highest BCUT2D eigenvalue weighted by Gasteiger charge is 2.29. The molecule has 1 saturated heterocycles. The van der Waals surface area contributed by atoms with Crippen LogP contribution in [0.4, 0.5) is 0 Å². The fourth-order valence-corrected chi connectivity index (χ4v) is 3.40. The molecule has 1 aliphatic rings. The number of carbonyl (C=O) groups is 1. The quantitative estimate of drug-likeness (QED) is 0.878. The lowest BCUT2D eigenvalue weighted by Crippen LogP contribution is -2.37. The Morgan fingerprint density at radius 3 is 2.94 bits per heavy atom. The van der Waals surface area contributed by atoms with E-state index in [-0.39, 0.29) is 22.8 Å². The summed E-state index contributed by atoms with van der Waals surface area (Å²) in [5.74, 6) is 1.35. The van der Waals surface area contributed by atoms with E-state index in [4.69, 9.17) is 0 Å². The number of rotatable bonds is 4. The zero-order chi connectivity index (χ0) is 13.0. The molecule has 1 amide bonds. The number of hydrogen-bond acceptors (Lipinski definition) is 3. The van der Waals surface area contributed by atoms with Crippen LogP contribution >= 0.6 is 11.8 Å². The SMILES string of the molecule is C[C@]1(CNC(=O)Cc2ccccc2O)CCCS1. The maximum absolute atomic E-state index is 11.8. The van der Waals surface area contributed by atoms with Crippen molar-refractivity contribution in [3.63, 3.8) is 0 Å². The first kappa shape index (κ1) is 13.3. The Morgan fingerprint density at radius 1 is 1.50 bits per heavy atom. The Morgan fingerprint density at radius 2 is 2.28 bits per heavy atom. The molecule has 1 aliphatic heterocycles. The molecule has 1 aromatic carbocycles. The van der Waals surface area contributed by atoms with E-state index in [1.54, 1.807) is 18.2 Å². The van der Waals surface area contributed by atoms with Crippen LogP contribution in [0.15, 0.2) is 24.3 Å². The van der Waals surface area contributed by atoms with E-state index in [0.29, 0.717) is 12.1 Å². The van der Waals surface area contributed by atoms with Gasteiger partial charge in [0.2, 0.25) is 5.91 Å². The van der Waals surface area contributed by atoms with Gasteiger partial charge in [0.1, 0.15) is 5.75 Å². The number of phenols is 1. The number of carbonyl (C=O) groups excluding carboxylic acids is 1. The molecule has 98 valence electrons. The van der Waals surface area contributed by atoms with Crippen LogP contribution in [0.5, 0.6) is 5.75 Å². The molecule has 0 aromatic heterocycles. The van der Waals surface area contributed by atoms with Gasteiger partial charge in [0.05, 0.1) is 6.42 Å². The fourth-order valence-electron chi connectivity index (χ4n) is 2.16. The molecule has 1 aromatic rings.